The van der Waals surface area contributed by atoms with Gasteiger partial charge in [-0.3, -0.25) is 4.99 Å². The molecule has 1 saturated heterocycles. The molecule has 4 nitrogen and oxygen atoms in total. The first kappa shape index (κ1) is 15.9. The van der Waals surface area contributed by atoms with Crippen LogP contribution in [0.1, 0.15) is 18.5 Å². The molecule has 0 bridgehead atoms. The molecule has 2 aliphatic heterocycles. The normalized spacial score (nSPS) is 21.8. The van der Waals surface area contributed by atoms with Crippen LogP contribution in [-0.4, -0.2) is 34.9 Å². The number of hydrogen-bond donors (Lipinski definition) is 0. The second-order valence-corrected chi connectivity index (χ2v) is 5.57. The minimum Gasteiger partial charge on any atom is -0.463 e. The Morgan fingerprint density at radius 3 is 2.95 bits per heavy atom. The molecule has 3 rings (SSSR count). The first-order valence-corrected chi connectivity index (χ1v) is 7.67. The van der Waals surface area contributed by atoms with Crippen molar-refractivity contribution >= 4 is 35.3 Å². The number of rotatable bonds is 3. The van der Waals surface area contributed by atoms with Gasteiger partial charge in [0.15, 0.2) is 5.17 Å². The van der Waals surface area contributed by atoms with Crippen molar-refractivity contribution in [2.45, 2.75) is 13.0 Å². The third-order valence-corrected chi connectivity index (χ3v) is 4.33. The number of aliphatic imine (C=N–C) groups is 1. The van der Waals surface area contributed by atoms with Crippen molar-refractivity contribution < 1.29 is 9.53 Å². The number of carbonyl (C=O) groups is 1. The topological polar surface area (TPSA) is 41.9 Å². The lowest BCUT2D eigenvalue weighted by molar-refractivity contribution is -0.137. The number of esters is 1. The van der Waals surface area contributed by atoms with Gasteiger partial charge in [0, 0.05) is 17.5 Å². The predicted octanol–water partition coefficient (Wildman–Crippen LogP) is 3.01. The molecule has 0 amide bonds. The van der Waals surface area contributed by atoms with Crippen LogP contribution in [0.3, 0.4) is 0 Å². The fourth-order valence-corrected chi connectivity index (χ4v) is 3.43. The third-order valence-electron chi connectivity index (χ3n) is 3.30. The maximum Gasteiger partial charge on any atom is 0.332 e. The van der Waals surface area contributed by atoms with Gasteiger partial charge in [-0.1, -0.05) is 42.1 Å². The highest BCUT2D eigenvalue weighted by Gasteiger charge is 2.34. The fourth-order valence-electron chi connectivity index (χ4n) is 2.36. The molecule has 1 unspecified atom stereocenters. The van der Waals surface area contributed by atoms with Crippen LogP contribution in [0.15, 0.2) is 47.1 Å². The van der Waals surface area contributed by atoms with E-state index in [1.54, 1.807) is 17.8 Å². The van der Waals surface area contributed by atoms with Gasteiger partial charge >= 0.3 is 5.97 Å². The Hall–Kier alpha value is -1.46. The van der Waals surface area contributed by atoms with Crippen LogP contribution < -0.4 is 0 Å². The Morgan fingerprint density at radius 2 is 2.24 bits per heavy atom. The van der Waals surface area contributed by atoms with Crippen molar-refractivity contribution in [1.29, 1.82) is 0 Å². The maximum absolute atomic E-state index is 11.6. The molecule has 1 atom stereocenters. The average Bonchev–Trinajstić information content (AvgIpc) is 3.02. The zero-order chi connectivity index (χ0) is 13.9. The molecule has 21 heavy (non-hydrogen) atoms. The van der Waals surface area contributed by atoms with Gasteiger partial charge in [0.1, 0.15) is 0 Å². The van der Waals surface area contributed by atoms with Crippen molar-refractivity contribution in [2.75, 3.05) is 18.9 Å². The number of nitrogens with zero attached hydrogens (tertiary/aromatic N) is 2. The number of thioether (sulfide) groups is 1. The average molecular weight is 325 g/mol. The van der Waals surface area contributed by atoms with E-state index in [1.165, 1.54) is 5.56 Å². The molecule has 1 fully saturated rings. The van der Waals surface area contributed by atoms with E-state index in [4.69, 9.17) is 9.73 Å². The lowest BCUT2D eigenvalue weighted by Gasteiger charge is -2.15. The summed E-state index contributed by atoms with van der Waals surface area (Å²) in [6.07, 6.45) is 1.59. The fraction of sp³-hybridized carbons (Fsp3) is 0.333. The summed E-state index contributed by atoms with van der Waals surface area (Å²) in [7, 11) is 0. The molecular formula is C15H17ClN2O2S. The van der Waals surface area contributed by atoms with Gasteiger partial charge in [0.05, 0.1) is 19.2 Å². The van der Waals surface area contributed by atoms with Crippen molar-refractivity contribution in [3.8, 4) is 0 Å². The van der Waals surface area contributed by atoms with Crippen molar-refractivity contribution in [3.63, 3.8) is 0 Å². The first-order valence-electron chi connectivity index (χ1n) is 6.68. The highest BCUT2D eigenvalue weighted by Crippen LogP contribution is 2.37. The summed E-state index contributed by atoms with van der Waals surface area (Å²) in [5.41, 5.74) is 2.20. The van der Waals surface area contributed by atoms with Gasteiger partial charge in [0.25, 0.3) is 0 Å². The smallest absolute Gasteiger partial charge is 0.332 e. The van der Waals surface area contributed by atoms with Crippen molar-refractivity contribution in [2.24, 2.45) is 4.99 Å². The quantitative estimate of drug-likeness (QED) is 0.633. The van der Waals surface area contributed by atoms with Gasteiger partial charge in [-0.15, -0.1) is 12.4 Å². The third kappa shape index (κ3) is 3.41. The van der Waals surface area contributed by atoms with E-state index >= 15 is 0 Å². The Labute approximate surface area is 134 Å². The van der Waals surface area contributed by atoms with Crippen LogP contribution >= 0.6 is 24.2 Å². The molecular weight excluding hydrogens is 308 g/mol. The minimum atomic E-state index is -0.271. The second-order valence-electron chi connectivity index (χ2n) is 4.63. The van der Waals surface area contributed by atoms with Gasteiger partial charge < -0.3 is 9.64 Å². The monoisotopic (exact) mass is 324 g/mol. The number of halogens is 1. The summed E-state index contributed by atoms with van der Waals surface area (Å²) in [5.74, 6) is 0.520. The standard InChI is InChI=1S/C15H16N2O2S.ClH/c1-2-19-14(18)8-12-10-20-15-16-13(9-17(12)15)11-6-4-3-5-7-11;/h3-8,13H,2,9-10H2,1H3;1H/b12-8+;. The van der Waals surface area contributed by atoms with Crippen LogP contribution in [0.4, 0.5) is 0 Å². The van der Waals surface area contributed by atoms with Gasteiger partial charge in [0.2, 0.25) is 0 Å². The van der Waals surface area contributed by atoms with E-state index in [0.29, 0.717) is 6.61 Å². The molecule has 0 N–H and O–H groups in total. The largest absolute Gasteiger partial charge is 0.463 e. The molecule has 0 aliphatic carbocycles. The predicted molar refractivity (Wildman–Crippen MR) is 87.7 cm³/mol. The number of benzene rings is 1. The lowest BCUT2D eigenvalue weighted by Crippen LogP contribution is -2.21. The summed E-state index contributed by atoms with van der Waals surface area (Å²) in [6.45, 7) is 3.02. The first-order chi connectivity index (χ1) is 9.78. The van der Waals surface area contributed by atoms with Gasteiger partial charge in [-0.25, -0.2) is 4.79 Å². The van der Waals surface area contributed by atoms with Crippen LogP contribution in [0.2, 0.25) is 0 Å². The Balaban J connectivity index is 0.00000161. The summed E-state index contributed by atoms with van der Waals surface area (Å²) < 4.78 is 4.97. The molecule has 2 heterocycles. The zero-order valence-electron chi connectivity index (χ0n) is 11.7. The lowest BCUT2D eigenvalue weighted by atomic mass is 10.1. The number of amidine groups is 1. The van der Waals surface area contributed by atoms with E-state index < -0.39 is 0 Å². The Kier molecular flexibility index (Phi) is 5.31. The number of ether oxygens (including phenoxy) is 1. The van der Waals surface area contributed by atoms with E-state index in [-0.39, 0.29) is 24.4 Å². The molecule has 1 aromatic carbocycles. The maximum atomic E-state index is 11.6. The van der Waals surface area contributed by atoms with Crippen molar-refractivity contribution in [3.05, 3.63) is 47.7 Å². The van der Waals surface area contributed by atoms with E-state index in [0.717, 1.165) is 23.2 Å². The van der Waals surface area contributed by atoms with Crippen LogP contribution in [0.25, 0.3) is 0 Å². The molecule has 0 radical (unpaired) electrons. The minimum absolute atomic E-state index is 0. The molecule has 0 spiro atoms. The Morgan fingerprint density at radius 1 is 1.48 bits per heavy atom. The van der Waals surface area contributed by atoms with E-state index in [1.807, 2.05) is 25.1 Å². The molecule has 0 aromatic heterocycles. The van der Waals surface area contributed by atoms with Crippen LogP contribution in [-0.2, 0) is 9.53 Å². The Bertz CT molecular complexity index is 574. The molecule has 6 heteroatoms. The van der Waals surface area contributed by atoms with Crippen molar-refractivity contribution in [1.82, 2.24) is 4.90 Å². The van der Waals surface area contributed by atoms with Gasteiger partial charge in [-0.2, -0.15) is 0 Å². The molecule has 112 valence electrons. The zero-order valence-corrected chi connectivity index (χ0v) is 13.3. The summed E-state index contributed by atoms with van der Waals surface area (Å²) in [5, 5.41) is 1.01. The molecule has 1 aromatic rings. The van der Waals surface area contributed by atoms with Crippen LogP contribution in [0, 0.1) is 0 Å². The van der Waals surface area contributed by atoms with E-state index in [2.05, 4.69) is 17.0 Å². The number of carbonyl (C=O) groups excluding carboxylic acids is 1. The SMILES string of the molecule is CCOC(=O)/C=C1\CSC2=NC(c3ccccc3)CN21.Cl. The summed E-state index contributed by atoms with van der Waals surface area (Å²) in [6, 6.07) is 10.4. The highest BCUT2D eigenvalue weighted by molar-refractivity contribution is 8.14. The number of hydrogen-bond acceptors (Lipinski definition) is 5. The second kappa shape index (κ2) is 7.00. The van der Waals surface area contributed by atoms with Gasteiger partial charge in [-0.05, 0) is 12.5 Å². The van der Waals surface area contributed by atoms with E-state index in [9.17, 15) is 4.79 Å². The highest BCUT2D eigenvalue weighted by atomic mass is 35.5. The number of fused-ring (bicyclic) bond motifs is 1. The molecule has 2 aliphatic rings. The summed E-state index contributed by atoms with van der Waals surface area (Å²) in [4.78, 5) is 18.4. The summed E-state index contributed by atoms with van der Waals surface area (Å²) >= 11 is 1.68. The van der Waals surface area contributed by atoms with Crippen LogP contribution in [0.5, 0.6) is 0 Å². The molecule has 0 saturated carbocycles.